The highest BCUT2D eigenvalue weighted by atomic mass is 32.2. The highest BCUT2D eigenvalue weighted by molar-refractivity contribution is 7.89. The lowest BCUT2D eigenvalue weighted by Gasteiger charge is -2.21. The number of para-hydroxylation sites is 1. The fraction of sp³-hybridized carbons (Fsp3) is 0.250. The number of aryl methyl sites for hydroxylation is 1. The predicted molar refractivity (Wildman–Crippen MR) is 105 cm³/mol. The van der Waals surface area contributed by atoms with Gasteiger partial charge in [-0.05, 0) is 17.7 Å². The summed E-state index contributed by atoms with van der Waals surface area (Å²) >= 11 is 0. The maximum absolute atomic E-state index is 13.0. The van der Waals surface area contributed by atoms with E-state index in [1.165, 1.54) is 10.6 Å². The number of imidazole rings is 1. The van der Waals surface area contributed by atoms with E-state index >= 15 is 0 Å². The first-order valence-electron chi connectivity index (χ1n) is 8.89. The largest absolute Gasteiger partial charge is 0.380 e. The van der Waals surface area contributed by atoms with E-state index in [4.69, 9.17) is 0 Å². The summed E-state index contributed by atoms with van der Waals surface area (Å²) in [5.41, 5.74) is 2.12. The van der Waals surface area contributed by atoms with Crippen LogP contribution in [0.25, 0.3) is 0 Å². The molecule has 3 aromatic rings. The van der Waals surface area contributed by atoms with Crippen LogP contribution in [-0.2, 0) is 17.1 Å². The number of hydrogen-bond acceptors (Lipinski definition) is 4. The van der Waals surface area contributed by atoms with Crippen LogP contribution in [0.1, 0.15) is 11.5 Å². The molecule has 6 nitrogen and oxygen atoms in total. The molecule has 0 aliphatic carbocycles. The molecule has 1 N–H and O–H groups in total. The molecule has 0 radical (unpaired) electrons. The Balaban J connectivity index is 1.64. The van der Waals surface area contributed by atoms with Crippen LogP contribution in [0.5, 0.6) is 0 Å². The van der Waals surface area contributed by atoms with Crippen molar-refractivity contribution in [2.24, 2.45) is 7.05 Å². The molecule has 2 unspecified atom stereocenters. The lowest BCUT2D eigenvalue weighted by molar-refractivity contribution is 0.468. The third kappa shape index (κ3) is 3.61. The van der Waals surface area contributed by atoms with Crippen molar-refractivity contribution in [3.8, 4) is 0 Å². The summed E-state index contributed by atoms with van der Waals surface area (Å²) in [4.78, 5) is 4.05. The number of rotatable bonds is 5. The van der Waals surface area contributed by atoms with Crippen LogP contribution in [0.15, 0.2) is 78.2 Å². The Labute approximate surface area is 159 Å². The van der Waals surface area contributed by atoms with Crippen molar-refractivity contribution >= 4 is 15.7 Å². The maximum Gasteiger partial charge on any atom is 0.262 e. The standard InChI is InChI=1S/C20H22N4O2S/c1-23-14-20(21-15-23)27(25,26)24-12-18(16-8-4-2-5-9-16)19(13-24)22-17-10-6-3-7-11-17/h2-11,14-15,18-19,22H,12-13H2,1H3. The van der Waals surface area contributed by atoms with E-state index < -0.39 is 10.0 Å². The third-order valence-corrected chi connectivity index (χ3v) is 6.64. The van der Waals surface area contributed by atoms with Gasteiger partial charge in [-0.3, -0.25) is 0 Å². The van der Waals surface area contributed by atoms with Crippen LogP contribution < -0.4 is 5.32 Å². The minimum Gasteiger partial charge on any atom is -0.380 e. The third-order valence-electron chi connectivity index (χ3n) is 4.93. The number of anilines is 1. The average molecular weight is 382 g/mol. The SMILES string of the molecule is Cn1cnc(S(=O)(=O)N2CC(Nc3ccccc3)C(c3ccccc3)C2)c1. The minimum atomic E-state index is -3.62. The van der Waals surface area contributed by atoms with Gasteiger partial charge in [-0.25, -0.2) is 13.4 Å². The van der Waals surface area contributed by atoms with Crippen LogP contribution in [0.4, 0.5) is 5.69 Å². The number of nitrogens with zero attached hydrogens (tertiary/aromatic N) is 3. The Bertz CT molecular complexity index is 1000. The van der Waals surface area contributed by atoms with Gasteiger partial charge in [0.2, 0.25) is 0 Å². The lowest BCUT2D eigenvalue weighted by atomic mass is 9.94. The Hall–Kier alpha value is -2.64. The normalized spacial score (nSPS) is 20.6. The van der Waals surface area contributed by atoms with Crippen LogP contribution in [0.2, 0.25) is 0 Å². The molecule has 0 bridgehead atoms. The molecule has 4 rings (SSSR count). The smallest absolute Gasteiger partial charge is 0.262 e. The first-order chi connectivity index (χ1) is 13.0. The quantitative estimate of drug-likeness (QED) is 0.737. The molecule has 1 saturated heterocycles. The minimum absolute atomic E-state index is 0.0201. The van der Waals surface area contributed by atoms with Gasteiger partial charge in [0.05, 0.1) is 6.33 Å². The summed E-state index contributed by atoms with van der Waals surface area (Å²) in [5.74, 6) is 0.0601. The number of aromatic nitrogens is 2. The van der Waals surface area contributed by atoms with Gasteiger partial charge in [0, 0.05) is 44.0 Å². The van der Waals surface area contributed by atoms with Crippen molar-refractivity contribution in [1.29, 1.82) is 0 Å². The van der Waals surface area contributed by atoms with Gasteiger partial charge in [0.15, 0.2) is 5.03 Å². The molecule has 1 aromatic heterocycles. The Kier molecular flexibility index (Phi) is 4.72. The Morgan fingerprint density at radius 1 is 1.00 bits per heavy atom. The van der Waals surface area contributed by atoms with E-state index in [-0.39, 0.29) is 17.0 Å². The molecule has 2 heterocycles. The monoisotopic (exact) mass is 382 g/mol. The van der Waals surface area contributed by atoms with Gasteiger partial charge in [-0.15, -0.1) is 0 Å². The second-order valence-electron chi connectivity index (χ2n) is 6.83. The number of sulfonamides is 1. The van der Waals surface area contributed by atoms with Gasteiger partial charge >= 0.3 is 0 Å². The van der Waals surface area contributed by atoms with E-state index in [1.807, 2.05) is 48.5 Å². The molecule has 0 saturated carbocycles. The first-order valence-corrected chi connectivity index (χ1v) is 10.3. The van der Waals surface area contributed by atoms with E-state index in [2.05, 4.69) is 22.4 Å². The molecule has 27 heavy (non-hydrogen) atoms. The summed E-state index contributed by atoms with van der Waals surface area (Å²) in [7, 11) is -1.86. The molecule has 140 valence electrons. The number of hydrogen-bond donors (Lipinski definition) is 1. The molecular weight excluding hydrogens is 360 g/mol. The van der Waals surface area contributed by atoms with Gasteiger partial charge < -0.3 is 9.88 Å². The van der Waals surface area contributed by atoms with E-state index in [9.17, 15) is 8.42 Å². The van der Waals surface area contributed by atoms with Crippen LogP contribution >= 0.6 is 0 Å². The zero-order valence-corrected chi connectivity index (χ0v) is 15.9. The first kappa shape index (κ1) is 17.8. The van der Waals surface area contributed by atoms with Gasteiger partial charge in [0.1, 0.15) is 0 Å². The summed E-state index contributed by atoms with van der Waals surface area (Å²) < 4.78 is 29.3. The molecule has 1 aliphatic rings. The Morgan fingerprint density at radius 2 is 1.67 bits per heavy atom. The van der Waals surface area contributed by atoms with E-state index in [0.717, 1.165) is 11.3 Å². The molecule has 2 aromatic carbocycles. The summed E-state index contributed by atoms with van der Waals surface area (Å²) in [6, 6.07) is 19.9. The fourth-order valence-corrected chi connectivity index (χ4v) is 5.01. The molecule has 2 atom stereocenters. The lowest BCUT2D eigenvalue weighted by Crippen LogP contribution is -2.32. The summed E-state index contributed by atoms with van der Waals surface area (Å²) in [6.07, 6.45) is 3.06. The second kappa shape index (κ2) is 7.17. The van der Waals surface area contributed by atoms with Crippen LogP contribution in [0.3, 0.4) is 0 Å². The zero-order chi connectivity index (χ0) is 18.9. The van der Waals surface area contributed by atoms with Gasteiger partial charge in [0.25, 0.3) is 10.0 Å². The van der Waals surface area contributed by atoms with Crippen LogP contribution in [-0.4, -0.2) is 41.4 Å². The topological polar surface area (TPSA) is 67.2 Å². The van der Waals surface area contributed by atoms with Crippen LogP contribution in [0, 0.1) is 0 Å². The second-order valence-corrected chi connectivity index (χ2v) is 8.72. The zero-order valence-electron chi connectivity index (χ0n) is 15.1. The fourth-order valence-electron chi connectivity index (χ4n) is 3.55. The van der Waals surface area contributed by atoms with Crippen molar-refractivity contribution in [1.82, 2.24) is 13.9 Å². The highest BCUT2D eigenvalue weighted by Crippen LogP contribution is 2.33. The van der Waals surface area contributed by atoms with Gasteiger partial charge in [-0.2, -0.15) is 4.31 Å². The highest BCUT2D eigenvalue weighted by Gasteiger charge is 2.40. The molecular formula is C20H22N4O2S. The van der Waals surface area contributed by atoms with Crippen molar-refractivity contribution < 1.29 is 8.42 Å². The molecule has 0 amide bonds. The van der Waals surface area contributed by atoms with E-state index in [1.54, 1.807) is 17.8 Å². The number of nitrogens with one attached hydrogen (secondary N) is 1. The van der Waals surface area contributed by atoms with Crippen molar-refractivity contribution in [3.63, 3.8) is 0 Å². The molecule has 0 spiro atoms. The molecule has 7 heteroatoms. The predicted octanol–water partition coefficient (Wildman–Crippen LogP) is 2.69. The van der Waals surface area contributed by atoms with E-state index in [0.29, 0.717) is 13.1 Å². The molecule has 1 fully saturated rings. The van der Waals surface area contributed by atoms with Gasteiger partial charge in [-0.1, -0.05) is 48.5 Å². The molecule has 1 aliphatic heterocycles. The van der Waals surface area contributed by atoms with Crippen molar-refractivity contribution in [2.45, 2.75) is 17.0 Å². The maximum atomic E-state index is 13.0. The van der Waals surface area contributed by atoms with Crippen molar-refractivity contribution in [3.05, 3.63) is 78.8 Å². The summed E-state index contributed by atoms with van der Waals surface area (Å²) in [5, 5.41) is 3.61. The van der Waals surface area contributed by atoms with Crippen molar-refractivity contribution in [2.75, 3.05) is 18.4 Å². The summed E-state index contributed by atoms with van der Waals surface area (Å²) in [6.45, 7) is 0.820. The average Bonchev–Trinajstić information content (AvgIpc) is 3.31. The Morgan fingerprint density at radius 3 is 2.30 bits per heavy atom. The number of benzene rings is 2.